The Morgan fingerprint density at radius 3 is 2.57 bits per heavy atom. The summed E-state index contributed by atoms with van der Waals surface area (Å²) in [4.78, 5) is 23.9. The summed E-state index contributed by atoms with van der Waals surface area (Å²) in [7, 11) is 1.50. The van der Waals surface area contributed by atoms with Gasteiger partial charge in [0.15, 0.2) is 5.65 Å². The van der Waals surface area contributed by atoms with Gasteiger partial charge in [0.25, 0.3) is 5.56 Å². The second-order valence-corrected chi connectivity index (χ2v) is 7.49. The lowest BCUT2D eigenvalue weighted by Gasteiger charge is -2.13. The monoisotopic (exact) mass is 405 g/mol. The van der Waals surface area contributed by atoms with Crippen LogP contribution >= 0.6 is 0 Å². The molecular formula is C18H23N5O4S. The van der Waals surface area contributed by atoms with Crippen molar-refractivity contribution in [3.63, 3.8) is 0 Å². The van der Waals surface area contributed by atoms with Crippen LogP contribution in [0.25, 0.3) is 11.2 Å². The first-order valence-corrected chi connectivity index (χ1v) is 10.0. The Morgan fingerprint density at radius 1 is 1.18 bits per heavy atom. The van der Waals surface area contributed by atoms with Gasteiger partial charge in [-0.25, -0.2) is 9.66 Å². The number of ether oxygens (including phenoxy) is 2. The highest BCUT2D eigenvalue weighted by Crippen LogP contribution is 2.24. The Bertz CT molecular complexity index is 1110. The Balaban J connectivity index is 2.06. The Kier molecular flexibility index (Phi) is 5.68. The van der Waals surface area contributed by atoms with Crippen molar-refractivity contribution < 1.29 is 13.7 Å². The number of aromatic amines is 1. The molecule has 0 aliphatic heterocycles. The highest BCUT2D eigenvalue weighted by Gasteiger charge is 2.21. The predicted molar refractivity (Wildman–Crippen MR) is 107 cm³/mol. The molecule has 150 valence electrons. The number of hydrogen-bond donors (Lipinski definition) is 2. The van der Waals surface area contributed by atoms with Gasteiger partial charge in [-0.2, -0.15) is 4.98 Å². The molecule has 10 heteroatoms. The maximum Gasteiger partial charge on any atom is 0.254 e. The molecule has 3 rings (SSSR count). The maximum atomic E-state index is 13.1. The molecule has 0 bridgehead atoms. The molecule has 0 saturated carbocycles. The molecule has 0 radical (unpaired) electrons. The summed E-state index contributed by atoms with van der Waals surface area (Å²) in [5, 5.41) is 0.317. The average molecular weight is 405 g/mol. The SMILES string of the molecule is CCNn1c(S(=O)Cc2[nH]c(=O)c(C)c(OC)c2C)nc2ccc(OC)nc21. The van der Waals surface area contributed by atoms with Crippen LogP contribution in [-0.2, 0) is 16.6 Å². The van der Waals surface area contributed by atoms with Gasteiger partial charge < -0.3 is 19.9 Å². The van der Waals surface area contributed by atoms with E-state index in [9.17, 15) is 9.00 Å². The normalized spacial score (nSPS) is 12.2. The van der Waals surface area contributed by atoms with E-state index in [-0.39, 0.29) is 11.3 Å². The van der Waals surface area contributed by atoms with Gasteiger partial charge in [-0.15, -0.1) is 0 Å². The van der Waals surface area contributed by atoms with Crippen molar-refractivity contribution in [2.24, 2.45) is 0 Å². The van der Waals surface area contributed by atoms with Crippen molar-refractivity contribution in [3.05, 3.63) is 39.3 Å². The van der Waals surface area contributed by atoms with Crippen LogP contribution in [0.4, 0.5) is 0 Å². The fraction of sp³-hybridized carbons (Fsp3) is 0.389. The summed E-state index contributed by atoms with van der Waals surface area (Å²) in [6.07, 6.45) is 0. The minimum absolute atomic E-state index is 0.0869. The van der Waals surface area contributed by atoms with Crippen LogP contribution in [0.5, 0.6) is 11.6 Å². The molecular weight excluding hydrogens is 382 g/mol. The van der Waals surface area contributed by atoms with Crippen molar-refractivity contribution in [2.75, 3.05) is 26.2 Å². The van der Waals surface area contributed by atoms with Crippen LogP contribution in [0.2, 0.25) is 0 Å². The van der Waals surface area contributed by atoms with E-state index in [0.29, 0.717) is 45.8 Å². The van der Waals surface area contributed by atoms with Crippen LogP contribution < -0.4 is 20.5 Å². The van der Waals surface area contributed by atoms with E-state index in [1.807, 2.05) is 13.8 Å². The van der Waals surface area contributed by atoms with Crippen molar-refractivity contribution >= 4 is 22.0 Å². The summed E-state index contributed by atoms with van der Waals surface area (Å²) in [5.74, 6) is 1.03. The lowest BCUT2D eigenvalue weighted by Crippen LogP contribution is -2.20. The van der Waals surface area contributed by atoms with Crippen LogP contribution in [-0.4, -0.2) is 44.6 Å². The summed E-state index contributed by atoms with van der Waals surface area (Å²) >= 11 is 0. The van der Waals surface area contributed by atoms with Crippen LogP contribution in [0.1, 0.15) is 23.7 Å². The number of H-pyrrole nitrogens is 1. The summed E-state index contributed by atoms with van der Waals surface area (Å²) in [6, 6.07) is 3.46. The second kappa shape index (κ2) is 8.01. The molecule has 1 unspecified atom stereocenters. The van der Waals surface area contributed by atoms with Crippen molar-refractivity contribution in [3.8, 4) is 11.6 Å². The standard InChI is InChI=1S/C18H23N5O4S/c1-6-19-23-16-12(7-8-14(22-16)26-4)21-18(23)28(25)9-13-10(2)15(27-5)11(3)17(24)20-13/h7-8,19H,6,9H2,1-5H3,(H,20,24). The Hall–Kier alpha value is -2.88. The first-order valence-electron chi connectivity index (χ1n) is 8.73. The molecule has 0 aliphatic rings. The highest BCUT2D eigenvalue weighted by molar-refractivity contribution is 7.84. The van der Waals surface area contributed by atoms with E-state index in [1.54, 1.807) is 23.7 Å². The summed E-state index contributed by atoms with van der Waals surface area (Å²) in [6.45, 7) is 6.02. The molecule has 0 aliphatic carbocycles. The molecule has 28 heavy (non-hydrogen) atoms. The third kappa shape index (κ3) is 3.47. The number of aromatic nitrogens is 4. The fourth-order valence-corrected chi connectivity index (χ4v) is 4.21. The molecule has 0 saturated heterocycles. The van der Waals surface area contributed by atoms with E-state index < -0.39 is 10.8 Å². The quantitative estimate of drug-likeness (QED) is 0.614. The Labute approximate surface area is 164 Å². The van der Waals surface area contributed by atoms with Gasteiger partial charge in [-0.05, 0) is 26.8 Å². The number of nitrogens with one attached hydrogen (secondary N) is 2. The molecule has 0 fully saturated rings. The Morgan fingerprint density at radius 2 is 1.93 bits per heavy atom. The minimum Gasteiger partial charge on any atom is -0.496 e. The van der Waals surface area contributed by atoms with Gasteiger partial charge in [0.05, 0.1) is 36.3 Å². The number of fused-ring (bicyclic) bond motifs is 1. The van der Waals surface area contributed by atoms with Crippen molar-refractivity contribution in [2.45, 2.75) is 31.7 Å². The number of nitrogens with zero attached hydrogens (tertiary/aromatic N) is 3. The van der Waals surface area contributed by atoms with E-state index >= 15 is 0 Å². The van der Waals surface area contributed by atoms with Crippen molar-refractivity contribution in [1.29, 1.82) is 0 Å². The minimum atomic E-state index is -1.54. The summed E-state index contributed by atoms with van der Waals surface area (Å²) in [5.41, 5.74) is 5.76. The first kappa shape index (κ1) is 19.9. The molecule has 0 amide bonds. The zero-order valence-electron chi connectivity index (χ0n) is 16.5. The topological polar surface area (TPSA) is 111 Å². The molecule has 3 aromatic rings. The molecule has 1 atom stereocenters. The van der Waals surface area contributed by atoms with E-state index in [2.05, 4.69) is 20.4 Å². The van der Waals surface area contributed by atoms with Gasteiger partial charge in [0, 0.05) is 23.9 Å². The van der Waals surface area contributed by atoms with Gasteiger partial charge in [-0.3, -0.25) is 9.00 Å². The highest BCUT2D eigenvalue weighted by atomic mass is 32.2. The van der Waals surface area contributed by atoms with Crippen LogP contribution in [0.15, 0.2) is 22.1 Å². The zero-order chi connectivity index (χ0) is 20.4. The molecule has 0 aromatic carbocycles. The number of pyridine rings is 2. The number of methoxy groups -OCH3 is 2. The average Bonchev–Trinajstić information content (AvgIpc) is 3.04. The van der Waals surface area contributed by atoms with Crippen LogP contribution in [0.3, 0.4) is 0 Å². The van der Waals surface area contributed by atoms with E-state index in [0.717, 1.165) is 5.56 Å². The summed E-state index contributed by atoms with van der Waals surface area (Å²) < 4.78 is 25.3. The maximum absolute atomic E-state index is 13.1. The smallest absolute Gasteiger partial charge is 0.254 e. The number of hydrogen-bond acceptors (Lipinski definition) is 7. The predicted octanol–water partition coefficient (Wildman–Crippen LogP) is 1.62. The molecule has 3 heterocycles. The molecule has 2 N–H and O–H groups in total. The van der Waals surface area contributed by atoms with E-state index in [1.165, 1.54) is 14.2 Å². The third-order valence-corrected chi connectivity index (χ3v) is 5.63. The third-order valence-electron chi connectivity index (χ3n) is 4.40. The largest absolute Gasteiger partial charge is 0.496 e. The van der Waals surface area contributed by atoms with Crippen molar-refractivity contribution in [1.82, 2.24) is 19.6 Å². The molecule has 3 aromatic heterocycles. The lowest BCUT2D eigenvalue weighted by molar-refractivity contribution is 0.399. The first-order chi connectivity index (χ1) is 13.4. The number of rotatable bonds is 7. The van der Waals surface area contributed by atoms with Crippen LogP contribution in [0, 0.1) is 13.8 Å². The second-order valence-electron chi connectivity index (χ2n) is 6.14. The fourth-order valence-electron chi connectivity index (χ4n) is 2.98. The van der Waals surface area contributed by atoms with Gasteiger partial charge in [-0.1, -0.05) is 0 Å². The van der Waals surface area contributed by atoms with Gasteiger partial charge in [0.1, 0.15) is 11.3 Å². The van der Waals surface area contributed by atoms with Gasteiger partial charge in [0.2, 0.25) is 11.0 Å². The number of imidazole rings is 1. The van der Waals surface area contributed by atoms with E-state index in [4.69, 9.17) is 9.47 Å². The molecule has 0 spiro atoms. The lowest BCUT2D eigenvalue weighted by atomic mass is 10.1. The zero-order valence-corrected chi connectivity index (χ0v) is 17.3. The van der Waals surface area contributed by atoms with Gasteiger partial charge >= 0.3 is 0 Å². The molecule has 9 nitrogen and oxygen atoms in total.